The lowest BCUT2D eigenvalue weighted by Crippen LogP contribution is -2.29. The highest BCUT2D eigenvalue weighted by molar-refractivity contribution is 7.92. The Kier molecular flexibility index (Phi) is 8.40. The van der Waals surface area contributed by atoms with Crippen LogP contribution < -0.4 is 14.9 Å². The third kappa shape index (κ3) is 6.96. The van der Waals surface area contributed by atoms with Gasteiger partial charge < -0.3 is 10.6 Å². The molecule has 0 unspecified atom stereocenters. The number of sulfonamides is 1. The molecule has 0 saturated carbocycles. The van der Waals surface area contributed by atoms with Crippen molar-refractivity contribution in [1.82, 2.24) is 10.3 Å². The molecule has 2 N–H and O–H groups in total. The lowest BCUT2D eigenvalue weighted by atomic mass is 10.1. The van der Waals surface area contributed by atoms with Gasteiger partial charge in [-0.25, -0.2) is 8.42 Å². The van der Waals surface area contributed by atoms with Crippen LogP contribution in [0.25, 0.3) is 0 Å². The number of nitrogens with one attached hydrogen (secondary N) is 2. The summed E-state index contributed by atoms with van der Waals surface area (Å²) in [6, 6.07) is 23.5. The zero-order valence-corrected chi connectivity index (χ0v) is 22.0. The lowest BCUT2D eigenvalue weighted by Gasteiger charge is -2.23. The summed E-state index contributed by atoms with van der Waals surface area (Å²) in [5, 5.41) is 6.16. The number of hydrogen-bond donors (Lipinski definition) is 2. The number of rotatable bonds is 9. The van der Waals surface area contributed by atoms with E-state index in [4.69, 9.17) is 11.6 Å². The molecule has 0 spiro atoms. The van der Waals surface area contributed by atoms with Crippen molar-refractivity contribution >= 4 is 44.8 Å². The summed E-state index contributed by atoms with van der Waals surface area (Å²) in [7, 11) is -3.60. The van der Waals surface area contributed by atoms with Crippen molar-refractivity contribution in [1.29, 1.82) is 0 Å². The van der Waals surface area contributed by atoms with E-state index in [1.54, 1.807) is 79.1 Å². The molecule has 0 fully saturated rings. The maximum atomic E-state index is 13.0. The first-order valence-corrected chi connectivity index (χ1v) is 13.8. The van der Waals surface area contributed by atoms with Gasteiger partial charge in [0.25, 0.3) is 11.8 Å². The van der Waals surface area contributed by atoms with Crippen LogP contribution in [0.3, 0.4) is 0 Å². The number of para-hydroxylation sites is 1. The first-order valence-electron chi connectivity index (χ1n) is 11.6. The molecular weight excluding hydrogens is 524 g/mol. The van der Waals surface area contributed by atoms with Gasteiger partial charge in [0.05, 0.1) is 29.7 Å². The molecule has 0 saturated heterocycles. The molecule has 194 valence electrons. The van der Waals surface area contributed by atoms with Gasteiger partial charge in [-0.15, -0.1) is 0 Å². The number of hydrogen-bond acceptors (Lipinski definition) is 5. The van der Waals surface area contributed by atoms with Crippen LogP contribution >= 0.6 is 11.6 Å². The Hall–Kier alpha value is -4.21. The van der Waals surface area contributed by atoms with Crippen molar-refractivity contribution in [3.63, 3.8) is 0 Å². The Morgan fingerprint density at radius 1 is 0.868 bits per heavy atom. The molecule has 0 atom stereocenters. The molecule has 0 aliphatic rings. The molecule has 3 aromatic carbocycles. The largest absolute Gasteiger partial charge is 0.348 e. The Labute approximate surface area is 226 Å². The molecule has 1 heterocycles. The lowest BCUT2D eigenvalue weighted by molar-refractivity contribution is 0.0951. The average molecular weight is 549 g/mol. The first-order chi connectivity index (χ1) is 18.2. The fraction of sp³-hybridized carbons (Fsp3) is 0.107. The first kappa shape index (κ1) is 26.8. The predicted octanol–water partition coefficient (Wildman–Crippen LogP) is 4.88. The number of carbonyl (C=O) groups is 2. The Morgan fingerprint density at radius 3 is 2.24 bits per heavy atom. The van der Waals surface area contributed by atoms with E-state index in [1.807, 2.05) is 6.07 Å². The van der Waals surface area contributed by atoms with Crippen molar-refractivity contribution < 1.29 is 18.0 Å². The molecule has 8 nitrogen and oxygen atoms in total. The van der Waals surface area contributed by atoms with Gasteiger partial charge >= 0.3 is 0 Å². The van der Waals surface area contributed by atoms with E-state index in [0.29, 0.717) is 34.1 Å². The summed E-state index contributed by atoms with van der Waals surface area (Å²) in [4.78, 5) is 29.8. The zero-order chi connectivity index (χ0) is 27.1. The highest BCUT2D eigenvalue weighted by atomic mass is 35.5. The number of benzene rings is 3. The van der Waals surface area contributed by atoms with E-state index < -0.39 is 15.9 Å². The Morgan fingerprint density at radius 2 is 1.58 bits per heavy atom. The second-order valence-corrected chi connectivity index (χ2v) is 10.8. The number of halogens is 1. The summed E-state index contributed by atoms with van der Waals surface area (Å²) in [5.74, 6) is -0.779. The Balaban J connectivity index is 1.47. The molecule has 38 heavy (non-hydrogen) atoms. The fourth-order valence-electron chi connectivity index (χ4n) is 3.70. The van der Waals surface area contributed by atoms with E-state index >= 15 is 0 Å². The molecule has 0 aliphatic carbocycles. The summed E-state index contributed by atoms with van der Waals surface area (Å²) in [6.07, 6.45) is 4.44. The van der Waals surface area contributed by atoms with E-state index in [9.17, 15) is 18.0 Å². The van der Waals surface area contributed by atoms with E-state index in [1.165, 1.54) is 16.4 Å². The molecule has 0 aliphatic heterocycles. The van der Waals surface area contributed by atoms with Crippen LogP contribution in [0.1, 0.15) is 31.8 Å². The van der Waals surface area contributed by atoms with Crippen molar-refractivity contribution in [2.45, 2.75) is 13.1 Å². The number of nitrogens with zero attached hydrogens (tertiary/aromatic N) is 2. The maximum Gasteiger partial charge on any atom is 0.255 e. The molecule has 0 radical (unpaired) electrons. The van der Waals surface area contributed by atoms with Crippen LogP contribution in [0.5, 0.6) is 0 Å². The number of anilines is 2. The Bertz CT molecular complexity index is 1530. The van der Waals surface area contributed by atoms with Crippen molar-refractivity contribution in [3.05, 3.63) is 125 Å². The van der Waals surface area contributed by atoms with Crippen LogP contribution in [0.15, 0.2) is 97.3 Å². The standard InChI is InChI=1S/C28H25ClN4O4S/c1-38(36,37)33(19-20-8-12-23(29)13-9-20)24-14-10-22(11-15-24)27(34)32-26-7-3-2-6-25(26)28(35)31-18-21-5-4-16-30-17-21/h2-17H,18-19H2,1H3,(H,31,35)(H,32,34). The number of aromatic nitrogens is 1. The van der Waals surface area contributed by atoms with Gasteiger partial charge in [-0.05, 0) is 65.7 Å². The van der Waals surface area contributed by atoms with E-state index in [2.05, 4.69) is 15.6 Å². The SMILES string of the molecule is CS(=O)(=O)N(Cc1ccc(Cl)cc1)c1ccc(C(=O)Nc2ccccc2C(=O)NCc2cccnc2)cc1. The molecule has 4 aromatic rings. The maximum absolute atomic E-state index is 13.0. The third-order valence-electron chi connectivity index (χ3n) is 5.65. The smallest absolute Gasteiger partial charge is 0.255 e. The van der Waals surface area contributed by atoms with E-state index in [-0.39, 0.29) is 12.5 Å². The number of pyridine rings is 1. The summed E-state index contributed by atoms with van der Waals surface area (Å²) in [5.41, 5.74) is 2.99. The molecule has 10 heteroatoms. The van der Waals surface area contributed by atoms with Crippen LogP contribution in [0.4, 0.5) is 11.4 Å². The fourth-order valence-corrected chi connectivity index (χ4v) is 4.71. The van der Waals surface area contributed by atoms with Gasteiger partial charge in [0.1, 0.15) is 0 Å². The number of carbonyl (C=O) groups excluding carboxylic acids is 2. The zero-order valence-electron chi connectivity index (χ0n) is 20.5. The molecular formula is C28H25ClN4O4S. The van der Waals surface area contributed by atoms with Crippen LogP contribution in [-0.2, 0) is 23.1 Å². The minimum atomic E-state index is -3.60. The van der Waals surface area contributed by atoms with Crippen LogP contribution in [0, 0.1) is 0 Å². The average Bonchev–Trinajstić information content (AvgIpc) is 2.92. The van der Waals surface area contributed by atoms with E-state index in [0.717, 1.165) is 17.4 Å². The van der Waals surface area contributed by atoms with Gasteiger partial charge in [-0.2, -0.15) is 0 Å². The number of amides is 2. The molecule has 0 bridgehead atoms. The minimum absolute atomic E-state index is 0.114. The van der Waals surface area contributed by atoms with Crippen molar-refractivity contribution in [3.8, 4) is 0 Å². The summed E-state index contributed by atoms with van der Waals surface area (Å²) < 4.78 is 26.2. The van der Waals surface area contributed by atoms with Gasteiger partial charge in [0.15, 0.2) is 0 Å². The van der Waals surface area contributed by atoms with Crippen LogP contribution in [0.2, 0.25) is 5.02 Å². The monoisotopic (exact) mass is 548 g/mol. The topological polar surface area (TPSA) is 108 Å². The predicted molar refractivity (Wildman–Crippen MR) is 149 cm³/mol. The minimum Gasteiger partial charge on any atom is -0.348 e. The highest BCUT2D eigenvalue weighted by Crippen LogP contribution is 2.23. The highest BCUT2D eigenvalue weighted by Gasteiger charge is 2.19. The summed E-state index contributed by atoms with van der Waals surface area (Å²) >= 11 is 5.93. The van der Waals surface area contributed by atoms with Crippen molar-refractivity contribution in [2.24, 2.45) is 0 Å². The van der Waals surface area contributed by atoms with Gasteiger partial charge in [0, 0.05) is 29.5 Å². The van der Waals surface area contributed by atoms with Crippen LogP contribution in [-0.4, -0.2) is 31.5 Å². The van der Waals surface area contributed by atoms with Crippen molar-refractivity contribution in [2.75, 3.05) is 15.9 Å². The normalized spacial score (nSPS) is 11.0. The quantitative estimate of drug-likeness (QED) is 0.310. The van der Waals surface area contributed by atoms with Gasteiger partial charge in [0.2, 0.25) is 10.0 Å². The second-order valence-electron chi connectivity index (χ2n) is 8.49. The molecule has 1 aromatic heterocycles. The second kappa shape index (κ2) is 11.9. The molecule has 4 rings (SSSR count). The summed E-state index contributed by atoms with van der Waals surface area (Å²) in [6.45, 7) is 0.409. The third-order valence-corrected chi connectivity index (χ3v) is 7.05. The van der Waals surface area contributed by atoms with Gasteiger partial charge in [-0.1, -0.05) is 41.9 Å². The van der Waals surface area contributed by atoms with Gasteiger partial charge in [-0.3, -0.25) is 18.9 Å². The molecule has 2 amide bonds.